The summed E-state index contributed by atoms with van der Waals surface area (Å²) in [5.41, 5.74) is 0.334. The van der Waals surface area contributed by atoms with E-state index in [0.29, 0.717) is 11.4 Å². The minimum absolute atomic E-state index is 0.210. The standard InChI is InChI=1S/C14H18N4O3/c1-9(2)11(14(20)21)16-12(19)10-8-15-17(3)13(10)18-6-4-5-7-18/h4-9,11H,1-3H3,(H,16,19)(H,20,21). The molecule has 2 aromatic heterocycles. The minimum atomic E-state index is -1.05. The van der Waals surface area contributed by atoms with E-state index < -0.39 is 17.9 Å². The van der Waals surface area contributed by atoms with E-state index >= 15 is 0 Å². The molecule has 0 bridgehead atoms. The van der Waals surface area contributed by atoms with E-state index in [2.05, 4.69) is 10.4 Å². The molecule has 2 N–H and O–H groups in total. The topological polar surface area (TPSA) is 89.2 Å². The van der Waals surface area contributed by atoms with Crippen molar-refractivity contribution in [3.63, 3.8) is 0 Å². The highest BCUT2D eigenvalue weighted by Gasteiger charge is 2.26. The Morgan fingerprint density at radius 1 is 1.29 bits per heavy atom. The molecule has 0 aliphatic carbocycles. The summed E-state index contributed by atoms with van der Waals surface area (Å²) in [7, 11) is 1.73. The number of hydrogen-bond donors (Lipinski definition) is 2. The van der Waals surface area contributed by atoms with Crippen LogP contribution in [0.15, 0.2) is 30.7 Å². The van der Waals surface area contributed by atoms with Crippen molar-refractivity contribution in [3.8, 4) is 5.82 Å². The molecule has 0 radical (unpaired) electrons. The molecule has 0 aliphatic rings. The Kier molecular flexibility index (Phi) is 4.11. The van der Waals surface area contributed by atoms with Gasteiger partial charge in [0.2, 0.25) is 0 Å². The molecule has 21 heavy (non-hydrogen) atoms. The fourth-order valence-corrected chi connectivity index (χ4v) is 2.11. The summed E-state index contributed by atoms with van der Waals surface area (Å²) >= 11 is 0. The molecule has 7 nitrogen and oxygen atoms in total. The quantitative estimate of drug-likeness (QED) is 0.861. The zero-order valence-corrected chi connectivity index (χ0v) is 12.1. The van der Waals surface area contributed by atoms with E-state index in [1.807, 2.05) is 12.1 Å². The predicted molar refractivity (Wildman–Crippen MR) is 76.3 cm³/mol. The molecule has 2 heterocycles. The summed E-state index contributed by atoms with van der Waals surface area (Å²) in [6.45, 7) is 3.49. The normalized spacial score (nSPS) is 12.4. The van der Waals surface area contributed by atoms with Crippen LogP contribution >= 0.6 is 0 Å². The molecule has 0 saturated carbocycles. The fraction of sp³-hybridized carbons (Fsp3) is 0.357. The van der Waals surface area contributed by atoms with Gasteiger partial charge in [0, 0.05) is 19.4 Å². The average molecular weight is 290 g/mol. The van der Waals surface area contributed by atoms with Crippen LogP contribution in [0.25, 0.3) is 5.82 Å². The van der Waals surface area contributed by atoms with Gasteiger partial charge in [-0.3, -0.25) is 9.48 Å². The van der Waals surface area contributed by atoms with Crippen molar-refractivity contribution in [2.75, 3.05) is 0 Å². The number of aryl methyl sites for hydroxylation is 1. The zero-order chi connectivity index (χ0) is 15.6. The number of nitrogens with one attached hydrogen (secondary N) is 1. The summed E-state index contributed by atoms with van der Waals surface area (Å²) in [6.07, 6.45) is 5.03. The van der Waals surface area contributed by atoms with Crippen LogP contribution in [0.1, 0.15) is 24.2 Å². The third kappa shape index (κ3) is 2.96. The minimum Gasteiger partial charge on any atom is -0.480 e. The van der Waals surface area contributed by atoms with Gasteiger partial charge in [0.25, 0.3) is 5.91 Å². The maximum Gasteiger partial charge on any atom is 0.326 e. The first-order valence-corrected chi connectivity index (χ1v) is 6.60. The third-order valence-electron chi connectivity index (χ3n) is 3.22. The predicted octanol–water partition coefficient (Wildman–Crippen LogP) is 1.05. The van der Waals surface area contributed by atoms with Crippen molar-refractivity contribution in [2.24, 2.45) is 13.0 Å². The summed E-state index contributed by atoms with van der Waals surface area (Å²) in [5, 5.41) is 15.8. The van der Waals surface area contributed by atoms with Gasteiger partial charge < -0.3 is 15.0 Å². The number of aliphatic carboxylic acids is 1. The van der Waals surface area contributed by atoms with Crippen molar-refractivity contribution in [1.29, 1.82) is 0 Å². The highest BCUT2D eigenvalue weighted by Crippen LogP contribution is 2.14. The molecule has 2 aromatic rings. The summed E-state index contributed by atoms with van der Waals surface area (Å²) < 4.78 is 3.33. The van der Waals surface area contributed by atoms with Crippen LogP contribution in [0.3, 0.4) is 0 Å². The Hall–Kier alpha value is -2.57. The Morgan fingerprint density at radius 2 is 1.90 bits per heavy atom. The maximum atomic E-state index is 12.4. The Bertz CT molecular complexity index is 643. The number of carboxylic acid groups (broad SMARTS) is 1. The lowest BCUT2D eigenvalue weighted by Gasteiger charge is -2.18. The number of carbonyl (C=O) groups is 2. The number of aromatic nitrogens is 3. The molecule has 112 valence electrons. The Balaban J connectivity index is 2.31. The van der Waals surface area contributed by atoms with Gasteiger partial charge in [-0.05, 0) is 18.1 Å². The van der Waals surface area contributed by atoms with Gasteiger partial charge in [0.05, 0.1) is 6.20 Å². The monoisotopic (exact) mass is 290 g/mol. The number of rotatable bonds is 5. The van der Waals surface area contributed by atoms with E-state index in [4.69, 9.17) is 5.11 Å². The van der Waals surface area contributed by atoms with Crippen LogP contribution < -0.4 is 5.32 Å². The Labute approximate surface area is 122 Å². The lowest BCUT2D eigenvalue weighted by molar-refractivity contribution is -0.140. The fourth-order valence-electron chi connectivity index (χ4n) is 2.11. The van der Waals surface area contributed by atoms with Crippen molar-refractivity contribution in [3.05, 3.63) is 36.3 Å². The highest BCUT2D eigenvalue weighted by molar-refractivity contribution is 5.99. The second-order valence-corrected chi connectivity index (χ2v) is 5.13. The molecule has 0 fully saturated rings. The number of nitrogens with zero attached hydrogens (tertiary/aromatic N) is 3. The van der Waals surface area contributed by atoms with Crippen LogP contribution in [0.4, 0.5) is 0 Å². The molecule has 0 aliphatic heterocycles. The van der Waals surface area contributed by atoms with Crippen molar-refractivity contribution in [2.45, 2.75) is 19.9 Å². The molecule has 7 heteroatoms. The number of hydrogen-bond acceptors (Lipinski definition) is 3. The molecular formula is C14H18N4O3. The smallest absolute Gasteiger partial charge is 0.326 e. The molecule has 2 rings (SSSR count). The molecule has 0 spiro atoms. The van der Waals surface area contributed by atoms with Crippen molar-refractivity contribution < 1.29 is 14.7 Å². The number of amides is 1. The molecular weight excluding hydrogens is 272 g/mol. The lowest BCUT2D eigenvalue weighted by atomic mass is 10.0. The first-order chi connectivity index (χ1) is 9.91. The molecule has 1 amide bonds. The average Bonchev–Trinajstić information content (AvgIpc) is 3.03. The molecule has 1 unspecified atom stereocenters. The van der Waals surface area contributed by atoms with Gasteiger partial charge in [-0.2, -0.15) is 5.10 Å². The van der Waals surface area contributed by atoms with E-state index in [1.54, 1.807) is 42.5 Å². The van der Waals surface area contributed by atoms with E-state index in [9.17, 15) is 9.59 Å². The van der Waals surface area contributed by atoms with E-state index in [-0.39, 0.29) is 5.92 Å². The molecule has 1 atom stereocenters. The second-order valence-electron chi connectivity index (χ2n) is 5.13. The van der Waals surface area contributed by atoms with Crippen molar-refractivity contribution in [1.82, 2.24) is 19.7 Å². The molecule has 0 saturated heterocycles. The Morgan fingerprint density at radius 3 is 2.43 bits per heavy atom. The van der Waals surface area contributed by atoms with Crippen LogP contribution in [0.2, 0.25) is 0 Å². The highest BCUT2D eigenvalue weighted by atomic mass is 16.4. The van der Waals surface area contributed by atoms with E-state index in [1.165, 1.54) is 6.20 Å². The first kappa shape index (κ1) is 14.8. The SMILES string of the molecule is CC(C)C(NC(=O)c1cnn(C)c1-n1cccc1)C(=O)O. The molecule has 0 aromatic carbocycles. The van der Waals surface area contributed by atoms with Gasteiger partial charge >= 0.3 is 5.97 Å². The van der Waals surface area contributed by atoms with Crippen LogP contribution in [0.5, 0.6) is 0 Å². The summed E-state index contributed by atoms with van der Waals surface area (Å²) in [6, 6.07) is 2.74. The van der Waals surface area contributed by atoms with Gasteiger partial charge in [-0.15, -0.1) is 0 Å². The largest absolute Gasteiger partial charge is 0.480 e. The number of carbonyl (C=O) groups excluding carboxylic acids is 1. The number of carboxylic acids is 1. The van der Waals surface area contributed by atoms with Gasteiger partial charge in [-0.25, -0.2) is 4.79 Å². The van der Waals surface area contributed by atoms with Crippen LogP contribution in [0, 0.1) is 5.92 Å². The van der Waals surface area contributed by atoms with E-state index in [0.717, 1.165) is 0 Å². The summed E-state index contributed by atoms with van der Waals surface area (Å²) in [5.74, 6) is -1.12. The van der Waals surface area contributed by atoms with Gasteiger partial charge in [-0.1, -0.05) is 13.8 Å². The van der Waals surface area contributed by atoms with Crippen LogP contribution in [-0.4, -0.2) is 37.4 Å². The first-order valence-electron chi connectivity index (χ1n) is 6.60. The zero-order valence-electron chi connectivity index (χ0n) is 12.1. The van der Waals surface area contributed by atoms with Gasteiger partial charge in [0.15, 0.2) is 0 Å². The second kappa shape index (κ2) is 5.82. The van der Waals surface area contributed by atoms with Gasteiger partial charge in [0.1, 0.15) is 17.4 Å². The summed E-state index contributed by atoms with van der Waals surface area (Å²) in [4.78, 5) is 23.5. The van der Waals surface area contributed by atoms with Crippen molar-refractivity contribution >= 4 is 11.9 Å². The maximum absolute atomic E-state index is 12.4. The van der Waals surface area contributed by atoms with Crippen LogP contribution in [-0.2, 0) is 11.8 Å². The third-order valence-corrected chi connectivity index (χ3v) is 3.22. The lowest BCUT2D eigenvalue weighted by Crippen LogP contribution is -2.44.